The first-order valence-electron chi connectivity index (χ1n) is 10.6. The average molecular weight is 459 g/mol. The number of sulfone groups is 1. The Morgan fingerprint density at radius 1 is 1.16 bits per heavy atom. The number of hydrogen-bond donors (Lipinski definition) is 1. The number of nitriles is 1. The van der Waals surface area contributed by atoms with Crippen LogP contribution in [-0.2, 0) is 21.1 Å². The van der Waals surface area contributed by atoms with Gasteiger partial charge >= 0.3 is 0 Å². The van der Waals surface area contributed by atoms with Crippen LogP contribution in [0.4, 0.5) is 8.78 Å². The van der Waals surface area contributed by atoms with Crippen LogP contribution in [-0.4, -0.2) is 32.5 Å². The van der Waals surface area contributed by atoms with Gasteiger partial charge in [-0.3, -0.25) is 4.79 Å². The topological polar surface area (TPSA) is 87.0 Å². The molecule has 8 heteroatoms. The highest BCUT2D eigenvalue weighted by Gasteiger charge is 2.42. The summed E-state index contributed by atoms with van der Waals surface area (Å²) in [4.78, 5) is 12.3. The summed E-state index contributed by atoms with van der Waals surface area (Å²) < 4.78 is 52.1. The predicted octanol–water partition coefficient (Wildman–Crippen LogP) is 3.82. The van der Waals surface area contributed by atoms with Crippen molar-refractivity contribution in [2.45, 2.75) is 49.1 Å². The zero-order chi connectivity index (χ0) is 23.0. The van der Waals surface area contributed by atoms with Gasteiger partial charge in [0.2, 0.25) is 0 Å². The zero-order valence-corrected chi connectivity index (χ0v) is 18.5. The Morgan fingerprint density at radius 3 is 2.38 bits per heavy atom. The van der Waals surface area contributed by atoms with E-state index in [2.05, 4.69) is 11.4 Å². The second kappa shape index (κ2) is 8.72. The molecule has 2 fully saturated rings. The quantitative estimate of drug-likeness (QED) is 0.682. The summed E-state index contributed by atoms with van der Waals surface area (Å²) in [6.07, 6.45) is 4.24. The van der Waals surface area contributed by atoms with Crippen molar-refractivity contribution in [2.75, 3.05) is 6.26 Å². The molecule has 0 unspecified atom stereocenters. The second-order valence-corrected chi connectivity index (χ2v) is 10.8. The maximum atomic E-state index is 14.8. The molecule has 0 radical (unpaired) electrons. The molecule has 2 aromatic carbocycles. The summed E-state index contributed by atoms with van der Waals surface area (Å²) in [5.74, 6) is -1.72. The highest BCUT2D eigenvalue weighted by atomic mass is 32.2. The van der Waals surface area contributed by atoms with E-state index in [1.54, 1.807) is 6.07 Å². The number of rotatable bonds is 7. The predicted molar refractivity (Wildman–Crippen MR) is 115 cm³/mol. The number of nitrogens with zero attached hydrogens (tertiary/aromatic N) is 1. The van der Waals surface area contributed by atoms with E-state index in [0.29, 0.717) is 28.7 Å². The van der Waals surface area contributed by atoms with Crippen molar-refractivity contribution in [3.8, 4) is 17.2 Å². The van der Waals surface area contributed by atoms with Crippen molar-refractivity contribution in [1.82, 2.24) is 5.32 Å². The van der Waals surface area contributed by atoms with E-state index in [4.69, 9.17) is 0 Å². The molecule has 2 aliphatic rings. The number of benzene rings is 2. The van der Waals surface area contributed by atoms with E-state index >= 15 is 0 Å². The number of ketones is 1. The van der Waals surface area contributed by atoms with Crippen LogP contribution in [0, 0.1) is 34.8 Å². The van der Waals surface area contributed by atoms with Crippen molar-refractivity contribution in [2.24, 2.45) is 11.8 Å². The molecule has 4 atom stereocenters. The maximum absolute atomic E-state index is 14.8. The van der Waals surface area contributed by atoms with Crippen LogP contribution in [0.15, 0.2) is 41.3 Å². The van der Waals surface area contributed by atoms with Crippen LogP contribution in [0.3, 0.4) is 0 Å². The van der Waals surface area contributed by atoms with Gasteiger partial charge in [-0.05, 0) is 66.5 Å². The lowest BCUT2D eigenvalue weighted by Gasteiger charge is -2.22. The van der Waals surface area contributed by atoms with Crippen LogP contribution in [0.5, 0.6) is 0 Å². The number of nitrogens with one attached hydrogen (secondary N) is 1. The molecule has 168 valence electrons. The highest BCUT2D eigenvalue weighted by molar-refractivity contribution is 7.90. The minimum absolute atomic E-state index is 0.0159. The van der Waals surface area contributed by atoms with Crippen molar-refractivity contribution in [3.63, 3.8) is 0 Å². The Bertz CT molecular complexity index is 1210. The largest absolute Gasteiger partial charge is 0.304 e. The summed E-state index contributed by atoms with van der Waals surface area (Å²) >= 11 is 0. The second-order valence-electron chi connectivity index (χ2n) is 8.84. The first-order valence-corrected chi connectivity index (χ1v) is 12.5. The number of halogens is 2. The molecule has 1 aliphatic heterocycles. The molecule has 0 aromatic heterocycles. The first kappa shape index (κ1) is 22.6. The molecule has 2 bridgehead atoms. The van der Waals surface area contributed by atoms with Gasteiger partial charge in [0.05, 0.1) is 18.0 Å². The lowest BCUT2D eigenvalue weighted by Crippen LogP contribution is -2.42. The summed E-state index contributed by atoms with van der Waals surface area (Å²) in [7, 11) is -3.69. The molecule has 2 aromatic rings. The van der Waals surface area contributed by atoms with Gasteiger partial charge in [-0.2, -0.15) is 5.26 Å². The van der Waals surface area contributed by atoms with E-state index in [1.165, 1.54) is 18.2 Å². The normalized spacial score (nSPS) is 23.1. The third-order valence-corrected chi connectivity index (χ3v) is 7.65. The summed E-state index contributed by atoms with van der Waals surface area (Å²) in [6.45, 7) is 0. The zero-order valence-electron chi connectivity index (χ0n) is 17.6. The van der Waals surface area contributed by atoms with Gasteiger partial charge in [0, 0.05) is 18.7 Å². The fourth-order valence-electron chi connectivity index (χ4n) is 4.89. The van der Waals surface area contributed by atoms with Gasteiger partial charge in [0.25, 0.3) is 0 Å². The molecule has 0 spiro atoms. The van der Waals surface area contributed by atoms with Crippen LogP contribution < -0.4 is 5.32 Å². The monoisotopic (exact) mass is 458 g/mol. The standard InChI is InChI=1S/C24H24F2N2O3S/c1-32(30,31)23-7-5-16(12-21(23)26)15-2-3-17(20(25)11-15)8-14(13-27)9-22(29)24-18-4-6-19(10-18)28-24/h2-3,5,7,11-12,14,18-19,24,28H,4,6,8-10H2,1H3/t14-,18+,19-,24+/m1/s1. The molecule has 32 heavy (non-hydrogen) atoms. The van der Waals surface area contributed by atoms with Crippen molar-refractivity contribution < 1.29 is 22.0 Å². The molecule has 5 nitrogen and oxygen atoms in total. The summed E-state index contributed by atoms with van der Waals surface area (Å²) in [5, 5.41) is 12.9. The minimum Gasteiger partial charge on any atom is -0.304 e. The molecular weight excluding hydrogens is 434 g/mol. The average Bonchev–Trinajstić information content (AvgIpc) is 3.37. The number of Topliss-reactive ketones (excluding diaryl/α,β-unsaturated/α-hetero) is 1. The van der Waals surface area contributed by atoms with E-state index in [9.17, 15) is 27.3 Å². The highest BCUT2D eigenvalue weighted by Crippen LogP contribution is 2.36. The molecular formula is C24H24F2N2O3S. The Kier molecular flexibility index (Phi) is 6.15. The maximum Gasteiger partial charge on any atom is 0.178 e. The molecule has 4 rings (SSSR count). The first-order chi connectivity index (χ1) is 15.2. The van der Waals surface area contributed by atoms with E-state index in [0.717, 1.165) is 37.7 Å². The van der Waals surface area contributed by atoms with Gasteiger partial charge in [0.15, 0.2) is 15.6 Å². The van der Waals surface area contributed by atoms with Gasteiger partial charge in [-0.1, -0.05) is 18.2 Å². The minimum atomic E-state index is -3.69. The molecule has 1 N–H and O–H groups in total. The van der Waals surface area contributed by atoms with E-state index in [1.807, 2.05) is 0 Å². The Hall–Kier alpha value is -2.63. The smallest absolute Gasteiger partial charge is 0.178 e. The molecule has 1 saturated heterocycles. The van der Waals surface area contributed by atoms with Crippen LogP contribution in [0.1, 0.15) is 31.2 Å². The van der Waals surface area contributed by atoms with Crippen molar-refractivity contribution in [1.29, 1.82) is 5.26 Å². The third-order valence-electron chi connectivity index (χ3n) is 6.52. The molecule has 0 amide bonds. The number of carbonyl (C=O) groups is 1. The van der Waals surface area contributed by atoms with Crippen LogP contribution in [0.25, 0.3) is 11.1 Å². The molecule has 1 heterocycles. The third kappa shape index (κ3) is 4.59. The SMILES string of the molecule is CS(=O)(=O)c1ccc(-c2ccc(C[C@@H](C#N)CC(=O)[C@H]3N[C@@H]4CC[C@H]3C4)c(F)c2)cc1F. The van der Waals surface area contributed by atoms with Gasteiger partial charge in [-0.25, -0.2) is 17.2 Å². The Labute approximate surface area is 186 Å². The number of piperidine rings is 1. The fourth-order valence-corrected chi connectivity index (χ4v) is 5.62. The summed E-state index contributed by atoms with van der Waals surface area (Å²) in [5.41, 5.74) is 1.04. The van der Waals surface area contributed by atoms with Crippen LogP contribution in [0.2, 0.25) is 0 Å². The van der Waals surface area contributed by atoms with Gasteiger partial charge < -0.3 is 5.32 Å². The van der Waals surface area contributed by atoms with E-state index < -0.39 is 32.3 Å². The van der Waals surface area contributed by atoms with Gasteiger partial charge in [-0.15, -0.1) is 0 Å². The number of hydrogen-bond acceptors (Lipinski definition) is 5. The van der Waals surface area contributed by atoms with Gasteiger partial charge in [0.1, 0.15) is 16.5 Å². The summed E-state index contributed by atoms with van der Waals surface area (Å²) in [6, 6.07) is 10.3. The fraction of sp³-hybridized carbons (Fsp3) is 0.417. The number of carbonyl (C=O) groups excluding carboxylic acids is 1. The lowest BCUT2D eigenvalue weighted by molar-refractivity contribution is -0.122. The molecule has 1 aliphatic carbocycles. The molecule has 1 saturated carbocycles. The van der Waals surface area contributed by atoms with E-state index in [-0.39, 0.29) is 24.7 Å². The lowest BCUT2D eigenvalue weighted by atomic mass is 9.88. The Morgan fingerprint density at radius 2 is 1.84 bits per heavy atom. The van der Waals surface area contributed by atoms with Crippen molar-refractivity contribution >= 4 is 15.6 Å². The number of fused-ring (bicyclic) bond motifs is 2. The Balaban J connectivity index is 1.46. The van der Waals surface area contributed by atoms with Crippen molar-refractivity contribution in [3.05, 3.63) is 53.6 Å². The van der Waals surface area contributed by atoms with Crippen LogP contribution >= 0.6 is 0 Å².